The first-order valence-electron chi connectivity index (χ1n) is 22.4. The summed E-state index contributed by atoms with van der Waals surface area (Å²) in [5.41, 5.74) is 10.6. The van der Waals surface area contributed by atoms with E-state index in [1.807, 2.05) is 36.4 Å². The van der Waals surface area contributed by atoms with Crippen LogP contribution in [0.4, 0.5) is 0 Å². The first kappa shape index (κ1) is 40.9. The van der Waals surface area contributed by atoms with Crippen molar-refractivity contribution < 1.29 is 0 Å². The fraction of sp³-hybridized carbons (Fsp3) is 0.345. The number of rotatable bonds is 9. The summed E-state index contributed by atoms with van der Waals surface area (Å²) in [6, 6.07) is 63.0. The van der Waals surface area contributed by atoms with Crippen molar-refractivity contribution in [3.63, 3.8) is 0 Å². The minimum atomic E-state index is 0.626. The number of hydrogen-bond donors (Lipinski definition) is 0. The molecule has 0 aliphatic carbocycles. The van der Waals surface area contributed by atoms with Gasteiger partial charge in [-0.1, -0.05) is 176 Å². The molecule has 0 saturated carbocycles. The molecule has 10 rings (SSSR count). The Morgan fingerprint density at radius 2 is 0.831 bits per heavy atom. The molecule has 304 valence electrons. The van der Waals surface area contributed by atoms with Crippen LogP contribution in [0.5, 0.6) is 0 Å². The molecule has 0 bridgehead atoms. The number of nitrogens with zero attached hydrogens (tertiary/aromatic N) is 4. The maximum absolute atomic E-state index is 2.73. The first-order chi connectivity index (χ1) is 29.2. The maximum Gasteiger partial charge on any atom is 0.0236 e. The Morgan fingerprint density at radius 1 is 0.373 bits per heavy atom. The van der Waals surface area contributed by atoms with E-state index in [-0.39, 0.29) is 0 Å². The molecule has 3 atom stereocenters. The van der Waals surface area contributed by atoms with Crippen LogP contribution in [-0.2, 0) is 38.9 Å². The SMILES string of the molecule is c1ccc(CN2CC[C@@H](CN3CCc4ccccc4C3)C2)cc1.c1ccc(CN2C[C@H](CN3CCc4ccccc4CC3)[C@@H](c3ccccc3)C2)cc1.c1ccccc1. The summed E-state index contributed by atoms with van der Waals surface area (Å²) >= 11 is 0. The third-order valence-corrected chi connectivity index (χ3v) is 13.0. The van der Waals surface area contributed by atoms with Crippen LogP contribution in [0.25, 0.3) is 0 Å². The minimum absolute atomic E-state index is 0.626. The summed E-state index contributed by atoms with van der Waals surface area (Å²) in [5, 5.41) is 0. The van der Waals surface area contributed by atoms with E-state index in [1.54, 1.807) is 16.7 Å². The van der Waals surface area contributed by atoms with Gasteiger partial charge in [0.2, 0.25) is 0 Å². The third-order valence-electron chi connectivity index (χ3n) is 13.0. The van der Waals surface area contributed by atoms with Crippen LogP contribution < -0.4 is 0 Å². The van der Waals surface area contributed by atoms with Crippen LogP contribution in [0.15, 0.2) is 176 Å². The molecule has 4 heteroatoms. The van der Waals surface area contributed by atoms with Gasteiger partial charge in [0.15, 0.2) is 0 Å². The van der Waals surface area contributed by atoms with Gasteiger partial charge in [-0.05, 0) is 83.0 Å². The van der Waals surface area contributed by atoms with Gasteiger partial charge < -0.3 is 4.90 Å². The zero-order valence-electron chi connectivity index (χ0n) is 35.1. The summed E-state index contributed by atoms with van der Waals surface area (Å²) in [6.45, 7) is 14.3. The van der Waals surface area contributed by atoms with Crippen molar-refractivity contribution in [1.29, 1.82) is 0 Å². The number of hydrogen-bond acceptors (Lipinski definition) is 4. The van der Waals surface area contributed by atoms with Crippen molar-refractivity contribution >= 4 is 0 Å². The van der Waals surface area contributed by atoms with Crippen LogP contribution in [-0.4, -0.2) is 78.5 Å². The molecule has 2 fully saturated rings. The van der Waals surface area contributed by atoms with E-state index >= 15 is 0 Å². The second-order valence-corrected chi connectivity index (χ2v) is 17.3. The van der Waals surface area contributed by atoms with Crippen LogP contribution in [0.1, 0.15) is 51.3 Å². The fourth-order valence-corrected chi connectivity index (χ4v) is 9.93. The van der Waals surface area contributed by atoms with Gasteiger partial charge in [-0.3, -0.25) is 14.7 Å². The Labute approximate surface area is 355 Å². The molecule has 6 aromatic carbocycles. The predicted molar refractivity (Wildman–Crippen MR) is 246 cm³/mol. The zero-order valence-corrected chi connectivity index (χ0v) is 35.1. The van der Waals surface area contributed by atoms with Gasteiger partial charge in [0.1, 0.15) is 0 Å². The molecule has 4 aliphatic heterocycles. The molecule has 6 aromatic rings. The Kier molecular flexibility index (Phi) is 14.9. The highest BCUT2D eigenvalue weighted by Gasteiger charge is 2.35. The molecule has 0 N–H and O–H groups in total. The van der Waals surface area contributed by atoms with Crippen LogP contribution in [0.3, 0.4) is 0 Å². The van der Waals surface area contributed by atoms with Crippen molar-refractivity contribution in [2.75, 3.05) is 58.9 Å². The molecule has 4 nitrogen and oxygen atoms in total. The Morgan fingerprint density at radius 3 is 1.41 bits per heavy atom. The van der Waals surface area contributed by atoms with Gasteiger partial charge in [-0.15, -0.1) is 0 Å². The predicted octanol–water partition coefficient (Wildman–Crippen LogP) is 10.3. The maximum atomic E-state index is 2.73. The third kappa shape index (κ3) is 12.1. The lowest BCUT2D eigenvalue weighted by Crippen LogP contribution is -2.35. The molecule has 4 aliphatic rings. The highest BCUT2D eigenvalue weighted by Crippen LogP contribution is 2.34. The number of likely N-dealkylation sites (tertiary alicyclic amines) is 2. The molecule has 2 saturated heterocycles. The molecule has 59 heavy (non-hydrogen) atoms. The van der Waals surface area contributed by atoms with Crippen LogP contribution >= 0.6 is 0 Å². The smallest absolute Gasteiger partial charge is 0.0236 e. The normalized spacial score (nSPS) is 20.9. The van der Waals surface area contributed by atoms with Crippen LogP contribution in [0, 0.1) is 11.8 Å². The molecule has 4 heterocycles. The molecular formula is C55H64N4. The monoisotopic (exact) mass is 781 g/mol. The summed E-state index contributed by atoms with van der Waals surface area (Å²) in [4.78, 5) is 10.7. The summed E-state index contributed by atoms with van der Waals surface area (Å²) in [7, 11) is 0. The van der Waals surface area contributed by atoms with Gasteiger partial charge in [0, 0.05) is 77.9 Å². The van der Waals surface area contributed by atoms with Crippen molar-refractivity contribution in [2.24, 2.45) is 11.8 Å². The Hall–Kier alpha value is -4.84. The number of benzene rings is 6. The first-order valence-corrected chi connectivity index (χ1v) is 22.4. The molecule has 0 unspecified atom stereocenters. The van der Waals surface area contributed by atoms with Crippen molar-refractivity contribution in [3.8, 4) is 0 Å². The lowest BCUT2D eigenvalue weighted by molar-refractivity contribution is 0.209. The summed E-state index contributed by atoms with van der Waals surface area (Å²) in [5.74, 6) is 2.15. The van der Waals surface area contributed by atoms with Crippen molar-refractivity contribution in [2.45, 2.75) is 51.2 Å². The average Bonchev–Trinajstić information content (AvgIpc) is 3.85. The van der Waals surface area contributed by atoms with E-state index in [2.05, 4.69) is 159 Å². The quantitative estimate of drug-likeness (QED) is 0.145. The van der Waals surface area contributed by atoms with Gasteiger partial charge in [0.25, 0.3) is 0 Å². The second-order valence-electron chi connectivity index (χ2n) is 17.3. The molecule has 0 radical (unpaired) electrons. The molecule has 0 spiro atoms. The molecular weight excluding hydrogens is 717 g/mol. The van der Waals surface area contributed by atoms with Gasteiger partial charge in [-0.2, -0.15) is 0 Å². The Balaban J connectivity index is 0.000000147. The second kappa shape index (κ2) is 21.4. The largest absolute Gasteiger partial charge is 0.302 e. The van der Waals surface area contributed by atoms with E-state index in [1.165, 1.54) is 100 Å². The van der Waals surface area contributed by atoms with E-state index in [0.717, 1.165) is 32.1 Å². The topological polar surface area (TPSA) is 13.0 Å². The van der Waals surface area contributed by atoms with E-state index in [4.69, 9.17) is 0 Å². The van der Waals surface area contributed by atoms with E-state index in [9.17, 15) is 0 Å². The lowest BCUT2D eigenvalue weighted by Gasteiger charge is -2.30. The summed E-state index contributed by atoms with van der Waals surface area (Å²) in [6.07, 6.45) is 4.95. The highest BCUT2D eigenvalue weighted by atomic mass is 15.2. The van der Waals surface area contributed by atoms with Gasteiger partial charge >= 0.3 is 0 Å². The van der Waals surface area contributed by atoms with Gasteiger partial charge in [0.05, 0.1) is 0 Å². The number of fused-ring (bicyclic) bond motifs is 2. The zero-order chi connectivity index (χ0) is 39.9. The minimum Gasteiger partial charge on any atom is -0.302 e. The van der Waals surface area contributed by atoms with Crippen molar-refractivity contribution in [3.05, 3.63) is 215 Å². The van der Waals surface area contributed by atoms with E-state index < -0.39 is 0 Å². The van der Waals surface area contributed by atoms with Gasteiger partial charge in [-0.25, -0.2) is 0 Å². The fourth-order valence-electron chi connectivity index (χ4n) is 9.93. The van der Waals surface area contributed by atoms with Crippen molar-refractivity contribution in [1.82, 2.24) is 19.6 Å². The average molecular weight is 781 g/mol. The standard InChI is InChI=1S/C28H32N2.C21H26N2.C6H6/c1-3-9-23(10-4-1)19-30-21-27(28(22-30)26-13-5-2-6-14-26)20-29-17-15-24-11-7-8-12-25(24)16-18-29;1-2-6-18(7-3-1)14-22-12-10-19(15-22)16-23-13-11-20-8-4-5-9-21(20)17-23;1-2-4-6-5-3-1/h1-14,27-28H,15-22H2;1-9,19H,10-17H2;1-6H/t27-,28+;19-;/m01./s1. The Bertz CT molecular complexity index is 2030. The lowest BCUT2D eigenvalue weighted by atomic mass is 9.88. The van der Waals surface area contributed by atoms with E-state index in [0.29, 0.717) is 11.8 Å². The molecule has 0 aromatic heterocycles. The molecule has 0 amide bonds. The highest BCUT2D eigenvalue weighted by molar-refractivity contribution is 5.30. The summed E-state index contributed by atoms with van der Waals surface area (Å²) < 4.78 is 0. The van der Waals surface area contributed by atoms with Crippen LogP contribution in [0.2, 0.25) is 0 Å².